The maximum absolute atomic E-state index is 16.9. The van der Waals surface area contributed by atoms with Crippen LogP contribution in [0, 0.1) is 35.8 Å². The van der Waals surface area contributed by atoms with E-state index in [1.165, 1.54) is 36.7 Å². The number of terminal acetylenes is 1. The fourth-order valence-electron chi connectivity index (χ4n) is 8.96. The Labute approximate surface area is 276 Å². The zero-order valence-corrected chi connectivity index (χ0v) is 27.1. The van der Waals surface area contributed by atoms with E-state index in [1.54, 1.807) is 0 Å². The topological polar surface area (TPSA) is 109 Å². The molecule has 4 aromatic rings. The quantitative estimate of drug-likeness (QED) is 0.282. The van der Waals surface area contributed by atoms with Crippen LogP contribution in [0.3, 0.4) is 0 Å². The number of alkyl halides is 1. The monoisotopic (exact) mass is 677 g/mol. The summed E-state index contributed by atoms with van der Waals surface area (Å²) in [4.78, 5) is 17.8. The summed E-state index contributed by atoms with van der Waals surface area (Å²) in [6.45, 7) is 2.03. The lowest BCUT2D eigenvalue weighted by Crippen LogP contribution is -2.48. The molecular formula is C35H34F3N5O4S. The normalized spacial score (nSPS) is 27.1. The number of piperidine rings is 1. The smallest absolute Gasteiger partial charge is 0.319 e. The number of rotatable bonds is 6. The molecule has 1 N–H and O–H groups in total. The molecule has 2 bridgehead atoms. The van der Waals surface area contributed by atoms with E-state index in [4.69, 9.17) is 16.1 Å². The number of phenolic OH excluding ortho intramolecular Hbond substituents is 1. The molecule has 4 aliphatic rings. The molecule has 250 valence electrons. The van der Waals surface area contributed by atoms with Gasteiger partial charge in [-0.2, -0.15) is 9.97 Å². The molecule has 3 aliphatic heterocycles. The van der Waals surface area contributed by atoms with Crippen molar-refractivity contribution in [3.8, 4) is 35.4 Å². The fraction of sp³-hybridized carbons (Fsp3) is 0.457. The third-order valence-electron chi connectivity index (χ3n) is 10.9. The standard InChI is InChI=1S/C35H34F3N5O4S/c1-3-24-27(37)8-7-19-11-23(44)12-25(28(19)24)30-29(38)31-26(14-39-30)33(42-15-20-5-6-21(16-42)32(20)48(2,45)46)41-34(40-31)47-18-35-9-4-10-43(35)17-22(36)13-35/h1,7-8,11-12,14,20-22,32,44H,4-6,9-10,13,15-18H2,2H3/t20-,21+,22-,32?,35+/m1/s1. The van der Waals surface area contributed by atoms with Crippen molar-refractivity contribution < 1.29 is 31.4 Å². The molecule has 0 amide bonds. The van der Waals surface area contributed by atoms with Crippen LogP contribution in [0.15, 0.2) is 30.5 Å². The molecule has 4 fully saturated rings. The Hall–Kier alpha value is -4.15. The number of sulfone groups is 1. The van der Waals surface area contributed by atoms with Gasteiger partial charge in [0.15, 0.2) is 15.7 Å². The Morgan fingerprint density at radius 2 is 1.92 bits per heavy atom. The average molecular weight is 678 g/mol. The van der Waals surface area contributed by atoms with Gasteiger partial charge in [0.05, 0.1) is 21.7 Å². The lowest BCUT2D eigenvalue weighted by atomic mass is 9.95. The second kappa shape index (κ2) is 11.2. The summed E-state index contributed by atoms with van der Waals surface area (Å²) in [5.41, 5.74) is -0.810. The van der Waals surface area contributed by atoms with E-state index in [1.807, 2.05) is 4.90 Å². The number of nitrogens with zero attached hydrogens (tertiary/aromatic N) is 5. The molecule has 8 rings (SSSR count). The van der Waals surface area contributed by atoms with Crippen LogP contribution in [-0.4, -0.2) is 89.4 Å². The number of aromatic nitrogens is 3. The zero-order chi connectivity index (χ0) is 33.5. The summed E-state index contributed by atoms with van der Waals surface area (Å²) < 4.78 is 77.8. The van der Waals surface area contributed by atoms with E-state index in [0.29, 0.717) is 42.6 Å². The van der Waals surface area contributed by atoms with E-state index in [0.717, 1.165) is 32.2 Å². The van der Waals surface area contributed by atoms with E-state index in [-0.39, 0.29) is 57.9 Å². The highest BCUT2D eigenvalue weighted by molar-refractivity contribution is 7.91. The van der Waals surface area contributed by atoms with E-state index >= 15 is 4.39 Å². The van der Waals surface area contributed by atoms with E-state index in [2.05, 4.69) is 20.8 Å². The molecule has 1 unspecified atom stereocenters. The fourth-order valence-corrected chi connectivity index (χ4v) is 10.8. The minimum absolute atomic E-state index is 0.0897. The van der Waals surface area contributed by atoms with E-state index in [9.17, 15) is 22.3 Å². The van der Waals surface area contributed by atoms with Gasteiger partial charge in [-0.1, -0.05) is 12.0 Å². The molecule has 0 radical (unpaired) electrons. The number of hydrogen-bond donors (Lipinski definition) is 1. The number of ether oxygens (including phenoxy) is 1. The van der Waals surface area contributed by atoms with Crippen LogP contribution < -0.4 is 9.64 Å². The van der Waals surface area contributed by atoms with Crippen molar-refractivity contribution in [2.75, 3.05) is 43.9 Å². The third kappa shape index (κ3) is 4.94. The van der Waals surface area contributed by atoms with Gasteiger partial charge in [-0.05, 0) is 67.6 Å². The van der Waals surface area contributed by atoms with Crippen LogP contribution in [0.25, 0.3) is 32.9 Å². The van der Waals surface area contributed by atoms with E-state index < -0.39 is 38.4 Å². The first kappa shape index (κ1) is 31.1. The van der Waals surface area contributed by atoms with Crippen LogP contribution >= 0.6 is 0 Å². The molecule has 48 heavy (non-hydrogen) atoms. The number of benzene rings is 2. The number of fused-ring (bicyclic) bond motifs is 5. The highest BCUT2D eigenvalue weighted by atomic mass is 32.2. The Kier molecular flexibility index (Phi) is 7.27. The van der Waals surface area contributed by atoms with Gasteiger partial charge in [0.1, 0.15) is 41.4 Å². The van der Waals surface area contributed by atoms with Gasteiger partial charge < -0.3 is 14.7 Å². The molecule has 5 heterocycles. The first-order valence-corrected chi connectivity index (χ1v) is 18.2. The van der Waals surface area contributed by atoms with Crippen molar-refractivity contribution in [2.45, 2.75) is 49.1 Å². The molecule has 1 saturated carbocycles. The predicted octanol–water partition coefficient (Wildman–Crippen LogP) is 5.02. The van der Waals surface area contributed by atoms with Gasteiger partial charge in [-0.15, -0.1) is 6.42 Å². The number of phenols is 1. The van der Waals surface area contributed by atoms with Crippen molar-refractivity contribution >= 4 is 37.3 Å². The first-order chi connectivity index (χ1) is 23.0. The summed E-state index contributed by atoms with van der Waals surface area (Å²) in [6, 6.07) is 5.24. The molecule has 9 nitrogen and oxygen atoms in total. The summed E-state index contributed by atoms with van der Waals surface area (Å²) in [7, 11) is -3.28. The summed E-state index contributed by atoms with van der Waals surface area (Å²) in [6.07, 6.45) is 10.9. The van der Waals surface area contributed by atoms with Gasteiger partial charge in [-0.25, -0.2) is 21.6 Å². The minimum atomic E-state index is -3.28. The van der Waals surface area contributed by atoms with Gasteiger partial charge in [0.25, 0.3) is 0 Å². The molecule has 0 spiro atoms. The molecule has 3 saturated heterocycles. The van der Waals surface area contributed by atoms with Gasteiger partial charge in [0, 0.05) is 49.5 Å². The van der Waals surface area contributed by atoms with Crippen LogP contribution in [0.4, 0.5) is 19.0 Å². The molecule has 2 aromatic carbocycles. The lowest BCUT2D eigenvalue weighted by Gasteiger charge is -2.38. The molecule has 2 aromatic heterocycles. The van der Waals surface area contributed by atoms with Gasteiger partial charge in [-0.3, -0.25) is 9.88 Å². The summed E-state index contributed by atoms with van der Waals surface area (Å²) in [5.74, 6) is 0.765. The van der Waals surface area contributed by atoms with Crippen molar-refractivity contribution in [1.29, 1.82) is 0 Å². The number of anilines is 1. The maximum atomic E-state index is 16.9. The van der Waals surface area contributed by atoms with Crippen molar-refractivity contribution in [1.82, 2.24) is 19.9 Å². The predicted molar refractivity (Wildman–Crippen MR) is 175 cm³/mol. The number of halogens is 3. The Morgan fingerprint density at radius 3 is 2.65 bits per heavy atom. The second-order valence-corrected chi connectivity index (χ2v) is 16.0. The van der Waals surface area contributed by atoms with Crippen LogP contribution in [0.5, 0.6) is 11.8 Å². The van der Waals surface area contributed by atoms with Crippen molar-refractivity contribution in [2.24, 2.45) is 11.8 Å². The molecular weight excluding hydrogens is 643 g/mol. The van der Waals surface area contributed by atoms with Crippen LogP contribution in [-0.2, 0) is 9.84 Å². The van der Waals surface area contributed by atoms with Crippen molar-refractivity contribution in [3.05, 3.63) is 47.7 Å². The lowest BCUT2D eigenvalue weighted by molar-refractivity contribution is 0.107. The highest BCUT2D eigenvalue weighted by Gasteiger charge is 2.50. The number of hydrogen-bond acceptors (Lipinski definition) is 9. The Balaban J connectivity index is 1.27. The summed E-state index contributed by atoms with van der Waals surface area (Å²) in [5, 5.41) is 11.0. The zero-order valence-electron chi connectivity index (χ0n) is 26.3. The van der Waals surface area contributed by atoms with Crippen LogP contribution in [0.1, 0.15) is 37.7 Å². The third-order valence-corrected chi connectivity index (χ3v) is 12.6. The largest absolute Gasteiger partial charge is 0.508 e. The molecule has 1 aliphatic carbocycles. The highest BCUT2D eigenvalue weighted by Crippen LogP contribution is 2.45. The maximum Gasteiger partial charge on any atom is 0.319 e. The second-order valence-electron chi connectivity index (χ2n) is 13.8. The van der Waals surface area contributed by atoms with Gasteiger partial charge in [0.2, 0.25) is 0 Å². The Morgan fingerprint density at radius 1 is 1.15 bits per heavy atom. The Bertz CT molecular complexity index is 2130. The molecule has 5 atom stereocenters. The first-order valence-electron chi connectivity index (χ1n) is 16.2. The van der Waals surface area contributed by atoms with Crippen molar-refractivity contribution in [3.63, 3.8) is 0 Å². The minimum Gasteiger partial charge on any atom is -0.508 e. The molecule has 13 heteroatoms. The average Bonchev–Trinajstić information content (AvgIpc) is 3.67. The SMILES string of the molecule is C#Cc1c(F)ccc2cc(O)cc(-c3ncc4c(N5C[C@H]6CC[C@@H](C5)C6S(C)(=O)=O)nc(OC[C@@]56CCCN5C[C@H](F)C6)nc4c3F)c12. The van der Waals surface area contributed by atoms with Gasteiger partial charge >= 0.3 is 6.01 Å². The summed E-state index contributed by atoms with van der Waals surface area (Å²) >= 11 is 0. The van der Waals surface area contributed by atoms with Crippen LogP contribution in [0.2, 0.25) is 0 Å². The number of pyridine rings is 1. The number of aromatic hydroxyl groups is 1.